The van der Waals surface area contributed by atoms with Crippen LogP contribution in [0.4, 0.5) is 0 Å². The zero-order valence-corrected chi connectivity index (χ0v) is 11.3. The molecule has 0 aromatic heterocycles. The van der Waals surface area contributed by atoms with Crippen LogP contribution in [0.3, 0.4) is 0 Å². The summed E-state index contributed by atoms with van der Waals surface area (Å²) in [4.78, 5) is 1.21. The quantitative estimate of drug-likeness (QED) is 0.472. The summed E-state index contributed by atoms with van der Waals surface area (Å²) in [6, 6.07) is 9.31. The van der Waals surface area contributed by atoms with Crippen LogP contribution in [0.1, 0.15) is 26.2 Å². The highest BCUT2D eigenvalue weighted by molar-refractivity contribution is 7.99. The number of hydrogen-bond acceptors (Lipinski definition) is 3. The lowest BCUT2D eigenvalue weighted by Crippen LogP contribution is -1.81. The first-order valence-electron chi connectivity index (χ1n) is 6.29. The van der Waals surface area contributed by atoms with Gasteiger partial charge in [0, 0.05) is 4.90 Å². The fourth-order valence-electron chi connectivity index (χ4n) is 1.88. The van der Waals surface area contributed by atoms with Crippen molar-refractivity contribution in [2.24, 2.45) is 0 Å². The number of phenolic OH excluding ortho intramolecular Hbond substituents is 2. The Hall–Kier alpha value is -1.35. The number of hydrogen-bond donors (Lipinski definition) is 2. The van der Waals surface area contributed by atoms with Gasteiger partial charge in [0.15, 0.2) is 11.5 Å². The molecule has 0 aliphatic heterocycles. The first-order chi connectivity index (χ1) is 8.70. The number of benzene rings is 2. The lowest BCUT2D eigenvalue weighted by atomic mass is 10.1. The fraction of sp³-hybridized carbons (Fsp3) is 0.333. The van der Waals surface area contributed by atoms with Crippen molar-refractivity contribution in [2.75, 3.05) is 5.75 Å². The topological polar surface area (TPSA) is 40.5 Å². The summed E-state index contributed by atoms with van der Waals surface area (Å²) in [5.74, 6) is 1.00. The predicted molar refractivity (Wildman–Crippen MR) is 77.5 cm³/mol. The van der Waals surface area contributed by atoms with Crippen molar-refractivity contribution in [2.45, 2.75) is 31.1 Å². The van der Waals surface area contributed by atoms with Gasteiger partial charge in [0.1, 0.15) is 0 Å². The third kappa shape index (κ3) is 3.10. The van der Waals surface area contributed by atoms with Crippen LogP contribution in [0.2, 0.25) is 0 Å². The normalized spacial score (nSPS) is 10.9. The van der Waals surface area contributed by atoms with E-state index in [9.17, 15) is 10.2 Å². The molecule has 18 heavy (non-hydrogen) atoms. The zero-order valence-electron chi connectivity index (χ0n) is 10.5. The molecule has 0 heterocycles. The number of unbranched alkanes of at least 4 members (excludes halogenated alkanes) is 2. The van der Waals surface area contributed by atoms with Crippen LogP contribution in [-0.2, 0) is 0 Å². The lowest BCUT2D eigenvalue weighted by Gasteiger charge is -2.05. The van der Waals surface area contributed by atoms with Gasteiger partial charge < -0.3 is 10.2 Å². The third-order valence-electron chi connectivity index (χ3n) is 2.92. The molecule has 2 aromatic rings. The first kappa shape index (κ1) is 13.1. The van der Waals surface area contributed by atoms with Gasteiger partial charge in [-0.1, -0.05) is 25.8 Å². The maximum atomic E-state index is 9.50. The minimum Gasteiger partial charge on any atom is -0.504 e. The van der Waals surface area contributed by atoms with Crippen molar-refractivity contribution in [1.82, 2.24) is 0 Å². The van der Waals surface area contributed by atoms with Crippen molar-refractivity contribution in [3.8, 4) is 11.5 Å². The predicted octanol–water partition coefficient (Wildman–Crippen LogP) is 4.53. The Kier molecular flexibility index (Phi) is 4.37. The van der Waals surface area contributed by atoms with Crippen LogP contribution in [0.15, 0.2) is 35.2 Å². The highest BCUT2D eigenvalue weighted by Gasteiger charge is 2.03. The molecular formula is C15H18O2S. The summed E-state index contributed by atoms with van der Waals surface area (Å²) in [7, 11) is 0. The summed E-state index contributed by atoms with van der Waals surface area (Å²) in [5, 5.41) is 20.8. The molecule has 2 aromatic carbocycles. The minimum atomic E-state index is -0.0640. The molecule has 0 bridgehead atoms. The second-order valence-electron chi connectivity index (χ2n) is 4.41. The van der Waals surface area contributed by atoms with Crippen molar-refractivity contribution in [3.05, 3.63) is 30.3 Å². The Morgan fingerprint density at radius 1 is 0.944 bits per heavy atom. The number of fused-ring (bicyclic) bond motifs is 1. The molecule has 0 fully saturated rings. The van der Waals surface area contributed by atoms with Crippen LogP contribution in [0.5, 0.6) is 11.5 Å². The molecule has 2 N–H and O–H groups in total. The maximum absolute atomic E-state index is 9.50. The van der Waals surface area contributed by atoms with Gasteiger partial charge in [-0.3, -0.25) is 0 Å². The summed E-state index contributed by atoms with van der Waals surface area (Å²) >= 11 is 1.84. The molecule has 0 spiro atoms. The SMILES string of the molecule is CCCCCSc1ccc2cc(O)c(O)cc2c1. The van der Waals surface area contributed by atoms with E-state index in [4.69, 9.17) is 0 Å². The largest absolute Gasteiger partial charge is 0.504 e. The van der Waals surface area contributed by atoms with E-state index in [1.54, 1.807) is 12.1 Å². The summed E-state index contributed by atoms with van der Waals surface area (Å²) in [5.41, 5.74) is 0. The van der Waals surface area contributed by atoms with Crippen molar-refractivity contribution in [1.29, 1.82) is 0 Å². The molecule has 0 aliphatic rings. The van der Waals surface area contributed by atoms with Gasteiger partial charge in [0.2, 0.25) is 0 Å². The van der Waals surface area contributed by atoms with E-state index < -0.39 is 0 Å². The molecule has 2 rings (SSSR count). The van der Waals surface area contributed by atoms with E-state index in [1.165, 1.54) is 24.2 Å². The number of aromatic hydroxyl groups is 2. The van der Waals surface area contributed by atoms with E-state index in [0.29, 0.717) is 0 Å². The van der Waals surface area contributed by atoms with Crippen LogP contribution < -0.4 is 0 Å². The van der Waals surface area contributed by atoms with Crippen molar-refractivity contribution < 1.29 is 10.2 Å². The molecule has 3 heteroatoms. The van der Waals surface area contributed by atoms with Gasteiger partial charge in [0.25, 0.3) is 0 Å². The van der Waals surface area contributed by atoms with E-state index in [2.05, 4.69) is 19.1 Å². The van der Waals surface area contributed by atoms with Crippen LogP contribution >= 0.6 is 11.8 Å². The molecule has 96 valence electrons. The van der Waals surface area contributed by atoms with E-state index in [1.807, 2.05) is 17.8 Å². The van der Waals surface area contributed by atoms with E-state index >= 15 is 0 Å². The minimum absolute atomic E-state index is 0.0596. The molecule has 0 radical (unpaired) electrons. The molecule has 2 nitrogen and oxygen atoms in total. The number of phenols is 2. The van der Waals surface area contributed by atoms with Crippen LogP contribution in [0.25, 0.3) is 10.8 Å². The molecule has 0 unspecified atom stereocenters. The highest BCUT2D eigenvalue weighted by Crippen LogP contribution is 2.32. The van der Waals surface area contributed by atoms with Gasteiger partial charge in [-0.2, -0.15) is 0 Å². The summed E-state index contributed by atoms with van der Waals surface area (Å²) in [6.07, 6.45) is 3.75. The zero-order chi connectivity index (χ0) is 13.0. The second kappa shape index (κ2) is 6.01. The summed E-state index contributed by atoms with van der Waals surface area (Å²) < 4.78 is 0. The van der Waals surface area contributed by atoms with Crippen molar-refractivity contribution in [3.63, 3.8) is 0 Å². The molecular weight excluding hydrogens is 244 g/mol. The Bertz CT molecular complexity index is 537. The van der Waals surface area contributed by atoms with E-state index in [0.717, 1.165) is 16.5 Å². The second-order valence-corrected chi connectivity index (χ2v) is 5.57. The number of rotatable bonds is 5. The molecule has 0 aliphatic carbocycles. The van der Waals surface area contributed by atoms with Gasteiger partial charge in [-0.15, -0.1) is 11.8 Å². The highest BCUT2D eigenvalue weighted by atomic mass is 32.2. The van der Waals surface area contributed by atoms with Crippen LogP contribution in [-0.4, -0.2) is 16.0 Å². The van der Waals surface area contributed by atoms with Crippen molar-refractivity contribution >= 4 is 22.5 Å². The monoisotopic (exact) mass is 262 g/mol. The Morgan fingerprint density at radius 2 is 1.67 bits per heavy atom. The number of thioether (sulfide) groups is 1. The first-order valence-corrected chi connectivity index (χ1v) is 7.28. The molecule has 0 saturated carbocycles. The molecule has 0 atom stereocenters. The summed E-state index contributed by atoms with van der Waals surface area (Å²) in [6.45, 7) is 2.20. The smallest absolute Gasteiger partial charge is 0.158 e. The van der Waals surface area contributed by atoms with Gasteiger partial charge in [0.05, 0.1) is 0 Å². The van der Waals surface area contributed by atoms with Gasteiger partial charge >= 0.3 is 0 Å². The van der Waals surface area contributed by atoms with Gasteiger partial charge in [-0.25, -0.2) is 0 Å². The Labute approximate surface area is 112 Å². The Morgan fingerprint density at radius 3 is 2.39 bits per heavy atom. The van der Waals surface area contributed by atoms with Gasteiger partial charge in [-0.05, 0) is 47.2 Å². The maximum Gasteiger partial charge on any atom is 0.158 e. The average Bonchev–Trinajstić information content (AvgIpc) is 2.36. The van der Waals surface area contributed by atoms with Crippen LogP contribution in [0, 0.1) is 0 Å². The molecule has 0 saturated heterocycles. The standard InChI is InChI=1S/C15H18O2S/c1-2-3-4-7-18-13-6-5-11-9-14(16)15(17)10-12(11)8-13/h5-6,8-10,16-17H,2-4,7H2,1H3. The van der Waals surface area contributed by atoms with E-state index in [-0.39, 0.29) is 11.5 Å². The lowest BCUT2D eigenvalue weighted by molar-refractivity contribution is 0.405. The molecule has 0 amide bonds. The Balaban J connectivity index is 2.14. The third-order valence-corrected chi connectivity index (χ3v) is 4.00. The average molecular weight is 262 g/mol. The fourth-order valence-corrected chi connectivity index (χ4v) is 2.84.